The Labute approximate surface area is 218 Å². The molecule has 8 nitrogen and oxygen atoms in total. The monoisotopic (exact) mass is 516 g/mol. The van der Waals surface area contributed by atoms with Crippen molar-refractivity contribution in [1.82, 2.24) is 0 Å². The highest BCUT2D eigenvalue weighted by molar-refractivity contribution is 4.98. The molecule has 0 bridgehead atoms. The second-order valence-electron chi connectivity index (χ2n) is 10.2. The molecule has 0 amide bonds. The van der Waals surface area contributed by atoms with Gasteiger partial charge in [0, 0.05) is 38.8 Å². The number of aliphatic hydroxyl groups is 2. The molecule has 8 heteroatoms. The van der Waals surface area contributed by atoms with Gasteiger partial charge in [0.1, 0.15) is 18.3 Å². The number of aliphatic hydroxyl groups excluding tert-OH is 2. The fourth-order valence-corrected chi connectivity index (χ4v) is 5.08. The first-order valence-corrected chi connectivity index (χ1v) is 14.1. The Bertz CT molecular complexity index is 590. The molecule has 0 aromatic heterocycles. The van der Waals surface area contributed by atoms with Crippen LogP contribution in [-0.4, -0.2) is 86.3 Å². The summed E-state index contributed by atoms with van der Waals surface area (Å²) in [4.78, 5) is 0. The number of hydrogen-bond acceptors (Lipinski definition) is 8. The quantitative estimate of drug-likeness (QED) is 0.169. The van der Waals surface area contributed by atoms with Crippen LogP contribution in [0.3, 0.4) is 0 Å². The van der Waals surface area contributed by atoms with Gasteiger partial charge >= 0.3 is 0 Å². The van der Waals surface area contributed by atoms with Gasteiger partial charge in [0.25, 0.3) is 0 Å². The van der Waals surface area contributed by atoms with Gasteiger partial charge in [-0.15, -0.1) is 6.58 Å². The molecule has 10 atom stereocenters. The Kier molecular flexibility index (Phi) is 15.0. The van der Waals surface area contributed by atoms with Gasteiger partial charge < -0.3 is 38.6 Å². The maximum absolute atomic E-state index is 11.0. The zero-order valence-electron chi connectivity index (χ0n) is 23.2. The predicted octanol–water partition coefficient (Wildman–Crippen LogP) is 4.21. The maximum atomic E-state index is 11.0. The van der Waals surface area contributed by atoms with Gasteiger partial charge in [-0.2, -0.15) is 0 Å². The van der Waals surface area contributed by atoms with Crippen molar-refractivity contribution in [3.05, 3.63) is 12.7 Å². The minimum Gasteiger partial charge on any atom is -0.390 e. The summed E-state index contributed by atoms with van der Waals surface area (Å²) in [6.07, 6.45) is 4.31. The van der Waals surface area contributed by atoms with Crippen LogP contribution in [0.25, 0.3) is 0 Å². The van der Waals surface area contributed by atoms with Gasteiger partial charge in [-0.25, -0.2) is 0 Å². The van der Waals surface area contributed by atoms with Crippen molar-refractivity contribution in [2.45, 2.75) is 128 Å². The maximum Gasteiger partial charge on any atom is 0.187 e. The molecule has 0 radical (unpaired) electrons. The van der Waals surface area contributed by atoms with Crippen molar-refractivity contribution in [3.8, 4) is 0 Å². The third-order valence-electron chi connectivity index (χ3n) is 7.31. The van der Waals surface area contributed by atoms with Crippen LogP contribution >= 0.6 is 0 Å². The molecule has 2 fully saturated rings. The molecule has 9 unspecified atom stereocenters. The average molecular weight is 517 g/mol. The molecular weight excluding hydrogens is 464 g/mol. The number of hydrogen-bond donors (Lipinski definition) is 2. The van der Waals surface area contributed by atoms with E-state index in [4.69, 9.17) is 28.4 Å². The minimum absolute atomic E-state index is 0.170. The van der Waals surface area contributed by atoms with E-state index in [2.05, 4.69) is 27.4 Å². The second kappa shape index (κ2) is 17.1. The Balaban J connectivity index is 2.24. The zero-order valence-corrected chi connectivity index (χ0v) is 23.2. The molecule has 2 rings (SSSR count). The van der Waals surface area contributed by atoms with Crippen LogP contribution < -0.4 is 0 Å². The van der Waals surface area contributed by atoms with Crippen LogP contribution in [0.15, 0.2) is 12.7 Å². The molecule has 1 heterocycles. The van der Waals surface area contributed by atoms with Gasteiger partial charge in [-0.1, -0.05) is 46.1 Å². The number of methoxy groups -OCH3 is 1. The van der Waals surface area contributed by atoms with Gasteiger partial charge in [-0.3, -0.25) is 0 Å². The zero-order chi connectivity index (χ0) is 26.5. The summed E-state index contributed by atoms with van der Waals surface area (Å²) in [6, 6.07) is 0. The summed E-state index contributed by atoms with van der Waals surface area (Å²) in [5.41, 5.74) is 0. The largest absolute Gasteiger partial charge is 0.390 e. The molecule has 2 aliphatic rings. The third kappa shape index (κ3) is 9.02. The first kappa shape index (κ1) is 31.6. The molecule has 1 aliphatic heterocycles. The van der Waals surface area contributed by atoms with Crippen LogP contribution in [0, 0.1) is 11.8 Å². The Morgan fingerprint density at radius 1 is 0.889 bits per heavy atom. The van der Waals surface area contributed by atoms with E-state index in [0.29, 0.717) is 32.7 Å². The van der Waals surface area contributed by atoms with E-state index in [1.165, 1.54) is 7.11 Å². The van der Waals surface area contributed by atoms with Gasteiger partial charge in [0.2, 0.25) is 0 Å². The molecule has 0 aromatic rings. The van der Waals surface area contributed by atoms with E-state index >= 15 is 0 Å². The molecule has 36 heavy (non-hydrogen) atoms. The summed E-state index contributed by atoms with van der Waals surface area (Å²) in [5.74, 6) is -0.367. The number of ether oxygens (including phenoxy) is 6. The van der Waals surface area contributed by atoms with Gasteiger partial charge in [-0.05, 0) is 39.0 Å². The highest BCUT2D eigenvalue weighted by atomic mass is 16.7. The number of unbranched alkanes of at least 4 members (excludes halogenated alkanes) is 3. The lowest BCUT2D eigenvalue weighted by molar-refractivity contribution is -0.335. The molecule has 1 saturated carbocycles. The van der Waals surface area contributed by atoms with Gasteiger partial charge in [0.15, 0.2) is 12.6 Å². The van der Waals surface area contributed by atoms with Crippen molar-refractivity contribution < 1.29 is 38.6 Å². The van der Waals surface area contributed by atoms with Gasteiger partial charge in [0.05, 0.1) is 18.3 Å². The fraction of sp³-hybridized carbons (Fsp3) is 0.929. The Morgan fingerprint density at radius 2 is 1.44 bits per heavy atom. The van der Waals surface area contributed by atoms with E-state index in [1.54, 1.807) is 6.08 Å². The molecule has 212 valence electrons. The lowest BCUT2D eigenvalue weighted by Gasteiger charge is -2.48. The predicted molar refractivity (Wildman–Crippen MR) is 139 cm³/mol. The molecule has 0 aromatic carbocycles. The fourth-order valence-electron chi connectivity index (χ4n) is 5.08. The van der Waals surface area contributed by atoms with Crippen molar-refractivity contribution in [2.24, 2.45) is 11.8 Å². The summed E-state index contributed by atoms with van der Waals surface area (Å²) < 4.78 is 37.0. The Hall–Kier alpha value is -0.580. The first-order valence-electron chi connectivity index (χ1n) is 14.1. The van der Waals surface area contributed by atoms with E-state index < -0.39 is 30.9 Å². The van der Waals surface area contributed by atoms with E-state index in [0.717, 1.165) is 38.5 Å². The van der Waals surface area contributed by atoms with Crippen LogP contribution in [0.1, 0.15) is 79.1 Å². The lowest BCUT2D eigenvalue weighted by atomic mass is 9.77. The molecule has 1 saturated heterocycles. The SMILES string of the molecule is C=CC1CC(C(O)OC)C[C@@H](O)C1OC1OC(C)C(OCCCC)C(OCCCC)C1OCCCC. The summed E-state index contributed by atoms with van der Waals surface area (Å²) in [5, 5.41) is 21.2. The lowest BCUT2D eigenvalue weighted by Crippen LogP contribution is -2.62. The van der Waals surface area contributed by atoms with Crippen molar-refractivity contribution in [2.75, 3.05) is 26.9 Å². The summed E-state index contributed by atoms with van der Waals surface area (Å²) in [6.45, 7) is 14.2. The van der Waals surface area contributed by atoms with E-state index in [9.17, 15) is 10.2 Å². The van der Waals surface area contributed by atoms with Crippen LogP contribution in [-0.2, 0) is 28.4 Å². The average Bonchev–Trinajstić information content (AvgIpc) is 2.87. The first-order chi connectivity index (χ1) is 17.4. The van der Waals surface area contributed by atoms with E-state index in [-0.39, 0.29) is 30.1 Å². The minimum atomic E-state index is -0.934. The highest BCUT2D eigenvalue weighted by Gasteiger charge is 2.50. The third-order valence-corrected chi connectivity index (χ3v) is 7.31. The normalized spacial score (nSPS) is 36.0. The van der Waals surface area contributed by atoms with Crippen molar-refractivity contribution in [3.63, 3.8) is 0 Å². The topological polar surface area (TPSA) is 95.8 Å². The second-order valence-corrected chi connectivity index (χ2v) is 10.2. The highest BCUT2D eigenvalue weighted by Crippen LogP contribution is 2.37. The molecule has 1 aliphatic carbocycles. The molecule has 0 spiro atoms. The molecule has 2 N–H and O–H groups in total. The van der Waals surface area contributed by atoms with Crippen LogP contribution in [0.4, 0.5) is 0 Å². The molecular formula is C28H52O8. The summed E-state index contributed by atoms with van der Waals surface area (Å²) >= 11 is 0. The summed E-state index contributed by atoms with van der Waals surface area (Å²) in [7, 11) is 1.47. The standard InChI is InChI=1S/C28H52O8/c1-7-11-14-32-23-19(5)35-28(26(34-16-13-9-3)25(23)33-15-12-8-2)36-24-20(10-4)17-21(18-22(24)29)27(30)31-6/h10,19-30H,4,7-9,11-18H2,1-3,5-6H3/t19?,20?,21?,22-,23?,24?,25?,26?,27?,28?/m1/s1. The Morgan fingerprint density at radius 3 is 1.97 bits per heavy atom. The van der Waals surface area contributed by atoms with Crippen molar-refractivity contribution >= 4 is 0 Å². The smallest absolute Gasteiger partial charge is 0.187 e. The van der Waals surface area contributed by atoms with Crippen molar-refractivity contribution in [1.29, 1.82) is 0 Å². The number of rotatable bonds is 17. The van der Waals surface area contributed by atoms with Crippen LogP contribution in [0.5, 0.6) is 0 Å². The van der Waals surface area contributed by atoms with Crippen LogP contribution in [0.2, 0.25) is 0 Å². The van der Waals surface area contributed by atoms with E-state index in [1.807, 2.05) is 6.92 Å².